The summed E-state index contributed by atoms with van der Waals surface area (Å²) < 4.78 is 9.33. The fourth-order valence-corrected chi connectivity index (χ4v) is 3.51. The van der Waals surface area contributed by atoms with Gasteiger partial charge in [0.2, 0.25) is 5.91 Å². The largest absolute Gasteiger partial charge is 0.496 e. The van der Waals surface area contributed by atoms with Crippen LogP contribution in [0.3, 0.4) is 0 Å². The van der Waals surface area contributed by atoms with Crippen molar-refractivity contribution in [2.45, 2.75) is 32.4 Å². The fourth-order valence-electron chi connectivity index (χ4n) is 3.08. The topological polar surface area (TPSA) is 84.4 Å². The molecule has 3 rings (SSSR count). The minimum Gasteiger partial charge on any atom is -0.496 e. The predicted molar refractivity (Wildman–Crippen MR) is 117 cm³/mol. The Morgan fingerprint density at radius 3 is 2.33 bits per heavy atom. The summed E-state index contributed by atoms with van der Waals surface area (Å²) in [6, 6.07) is 15.3. The number of hydrogen-bond donors (Lipinski definition) is 1. The van der Waals surface area contributed by atoms with Crippen LogP contribution in [-0.4, -0.2) is 34.1 Å². The minimum absolute atomic E-state index is 0.173. The van der Waals surface area contributed by atoms with Crippen LogP contribution in [0.1, 0.15) is 42.9 Å². The zero-order valence-corrected chi connectivity index (χ0v) is 18.1. The van der Waals surface area contributed by atoms with Crippen molar-refractivity contribution in [3.63, 3.8) is 0 Å². The van der Waals surface area contributed by atoms with Crippen molar-refractivity contribution in [1.82, 2.24) is 14.9 Å². The molecule has 0 fully saturated rings. The number of nitrogens with zero attached hydrogens (tertiary/aromatic N) is 3. The molecule has 0 radical (unpaired) electrons. The predicted octanol–water partition coefficient (Wildman–Crippen LogP) is 3.85. The smallest absolute Gasteiger partial charge is 0.280 e. The van der Waals surface area contributed by atoms with Crippen molar-refractivity contribution >= 4 is 29.0 Å². The molecule has 0 spiro atoms. The van der Waals surface area contributed by atoms with Gasteiger partial charge < -0.3 is 10.1 Å². The number of methoxy groups -OCH3 is 1. The van der Waals surface area contributed by atoms with E-state index in [9.17, 15) is 9.59 Å². The summed E-state index contributed by atoms with van der Waals surface area (Å²) in [4.78, 5) is 28.5. The van der Waals surface area contributed by atoms with E-state index in [0.717, 1.165) is 11.5 Å². The maximum absolute atomic E-state index is 13.5. The maximum atomic E-state index is 13.5. The Morgan fingerprint density at radius 2 is 1.73 bits per heavy atom. The number of nitrogens with one attached hydrogen (secondary N) is 1. The minimum atomic E-state index is -0.975. The molecule has 0 saturated carbocycles. The first kappa shape index (κ1) is 21.4. The number of ether oxygens (including phenoxy) is 1. The second-order valence-electron chi connectivity index (χ2n) is 7.68. The van der Waals surface area contributed by atoms with Gasteiger partial charge in [-0.2, -0.15) is 0 Å². The third-order valence-corrected chi connectivity index (χ3v) is 4.78. The van der Waals surface area contributed by atoms with Crippen molar-refractivity contribution < 1.29 is 14.3 Å². The van der Waals surface area contributed by atoms with Crippen molar-refractivity contribution in [3.05, 3.63) is 71.2 Å². The Hall–Kier alpha value is -3.26. The molecule has 1 N–H and O–H groups in total. The Balaban J connectivity index is 2.20. The van der Waals surface area contributed by atoms with Crippen LogP contribution in [0, 0.1) is 0 Å². The molecule has 1 aromatic heterocycles. The van der Waals surface area contributed by atoms with Gasteiger partial charge in [-0.1, -0.05) is 40.9 Å². The highest BCUT2D eigenvalue weighted by Gasteiger charge is 2.37. The number of benzene rings is 2. The molecule has 0 aliphatic heterocycles. The molecule has 30 heavy (non-hydrogen) atoms. The average molecular weight is 425 g/mol. The van der Waals surface area contributed by atoms with Gasteiger partial charge in [-0.05, 0) is 50.5 Å². The summed E-state index contributed by atoms with van der Waals surface area (Å²) in [5.41, 5.74) is 0.815. The zero-order chi connectivity index (χ0) is 21.7. The van der Waals surface area contributed by atoms with Gasteiger partial charge in [-0.15, -0.1) is 5.10 Å². The average Bonchev–Trinajstić information content (AvgIpc) is 3.25. The third-order valence-electron chi connectivity index (χ3n) is 4.27. The van der Waals surface area contributed by atoms with E-state index >= 15 is 0 Å². The van der Waals surface area contributed by atoms with Crippen LogP contribution in [-0.2, 0) is 4.79 Å². The van der Waals surface area contributed by atoms with E-state index < -0.39 is 17.5 Å². The third kappa shape index (κ3) is 4.83. The second-order valence-corrected chi connectivity index (χ2v) is 8.29. The summed E-state index contributed by atoms with van der Waals surface area (Å²) >= 11 is 1.08. The molecular weight excluding hydrogens is 400 g/mol. The molecule has 1 heterocycles. The van der Waals surface area contributed by atoms with Gasteiger partial charge in [0, 0.05) is 22.2 Å². The van der Waals surface area contributed by atoms with Crippen LogP contribution in [0.4, 0.5) is 5.69 Å². The lowest BCUT2D eigenvalue weighted by Gasteiger charge is -2.33. The molecule has 8 heteroatoms. The van der Waals surface area contributed by atoms with Gasteiger partial charge in [0.1, 0.15) is 11.8 Å². The highest BCUT2D eigenvalue weighted by molar-refractivity contribution is 7.03. The van der Waals surface area contributed by atoms with Gasteiger partial charge in [-0.25, -0.2) is 0 Å². The number of rotatable bonds is 6. The molecular formula is C22H24N4O3S. The van der Waals surface area contributed by atoms with Crippen LogP contribution < -0.4 is 15.0 Å². The molecule has 0 bridgehead atoms. The van der Waals surface area contributed by atoms with Crippen molar-refractivity contribution in [2.24, 2.45) is 0 Å². The number of aromatic nitrogens is 2. The van der Waals surface area contributed by atoms with Crippen molar-refractivity contribution in [1.29, 1.82) is 0 Å². The Kier molecular flexibility index (Phi) is 6.47. The Labute approximate surface area is 179 Å². The first-order chi connectivity index (χ1) is 14.3. The number of amides is 2. The standard InChI is InChI=1S/C22H24N4O3S/c1-22(2,3)23-20(27)19(16-12-8-9-13-18(16)29-4)26(15-10-6-5-7-11-15)21(28)17-14-30-25-24-17/h5-14,19H,1-4H3,(H,23,27). The van der Waals surface area contributed by atoms with Gasteiger partial charge in [-0.3, -0.25) is 14.5 Å². The van der Waals surface area contributed by atoms with Crippen LogP contribution >= 0.6 is 11.5 Å². The molecule has 7 nitrogen and oxygen atoms in total. The van der Waals surface area contributed by atoms with Gasteiger partial charge in [0.25, 0.3) is 5.91 Å². The van der Waals surface area contributed by atoms with E-state index in [4.69, 9.17) is 4.74 Å². The van der Waals surface area contributed by atoms with Crippen LogP contribution in [0.5, 0.6) is 5.75 Å². The van der Waals surface area contributed by atoms with Crippen molar-refractivity contribution in [2.75, 3.05) is 12.0 Å². The Morgan fingerprint density at radius 1 is 1.07 bits per heavy atom. The zero-order valence-electron chi connectivity index (χ0n) is 17.3. The lowest BCUT2D eigenvalue weighted by atomic mass is 9.99. The summed E-state index contributed by atoms with van der Waals surface area (Å²) in [5, 5.41) is 8.50. The SMILES string of the molecule is COc1ccccc1C(C(=O)NC(C)(C)C)N(C(=O)c1csnn1)c1ccccc1. The van der Waals surface area contributed by atoms with E-state index in [2.05, 4.69) is 14.9 Å². The molecule has 3 aromatic rings. The van der Waals surface area contributed by atoms with Gasteiger partial charge in [0.15, 0.2) is 5.69 Å². The maximum Gasteiger partial charge on any atom is 0.280 e. The quantitative estimate of drug-likeness (QED) is 0.650. The van der Waals surface area contributed by atoms with Crippen LogP contribution in [0.15, 0.2) is 60.0 Å². The summed E-state index contributed by atoms with van der Waals surface area (Å²) in [6.45, 7) is 5.68. The highest BCUT2D eigenvalue weighted by atomic mass is 32.1. The van der Waals surface area contributed by atoms with E-state index in [0.29, 0.717) is 17.0 Å². The molecule has 2 aromatic carbocycles. The molecule has 2 amide bonds. The number of carbonyl (C=O) groups excluding carboxylic acids is 2. The summed E-state index contributed by atoms with van der Waals surface area (Å²) in [5.74, 6) is -0.237. The molecule has 0 saturated heterocycles. The molecule has 156 valence electrons. The van der Waals surface area contributed by atoms with E-state index in [1.165, 1.54) is 12.0 Å². The van der Waals surface area contributed by atoms with Gasteiger partial charge in [0.05, 0.1) is 7.11 Å². The molecule has 1 unspecified atom stereocenters. The fraction of sp³-hybridized carbons (Fsp3) is 0.273. The number of hydrogen-bond acceptors (Lipinski definition) is 6. The van der Waals surface area contributed by atoms with E-state index in [1.807, 2.05) is 51.1 Å². The van der Waals surface area contributed by atoms with Crippen molar-refractivity contribution in [3.8, 4) is 5.75 Å². The molecule has 1 atom stereocenters. The number of carbonyl (C=O) groups is 2. The second kappa shape index (κ2) is 9.04. The Bertz CT molecular complexity index is 1000. The summed E-state index contributed by atoms with van der Waals surface area (Å²) in [7, 11) is 1.54. The monoisotopic (exact) mass is 424 g/mol. The van der Waals surface area contributed by atoms with Crippen LogP contribution in [0.2, 0.25) is 0 Å². The van der Waals surface area contributed by atoms with Gasteiger partial charge >= 0.3 is 0 Å². The van der Waals surface area contributed by atoms with Crippen LogP contribution in [0.25, 0.3) is 0 Å². The first-order valence-corrected chi connectivity index (χ1v) is 10.3. The lowest BCUT2D eigenvalue weighted by molar-refractivity contribution is -0.123. The highest BCUT2D eigenvalue weighted by Crippen LogP contribution is 2.34. The van der Waals surface area contributed by atoms with E-state index in [1.54, 1.807) is 29.6 Å². The first-order valence-electron chi connectivity index (χ1n) is 9.42. The lowest BCUT2D eigenvalue weighted by Crippen LogP contribution is -2.49. The molecule has 0 aliphatic carbocycles. The van der Waals surface area contributed by atoms with E-state index in [-0.39, 0.29) is 11.6 Å². The number of anilines is 1. The molecule has 0 aliphatic rings. The normalized spacial score (nSPS) is 12.1. The number of para-hydroxylation sites is 2. The summed E-state index contributed by atoms with van der Waals surface area (Å²) in [6.07, 6.45) is 0.